The molecule has 3 heteroatoms. The molecule has 2 aliphatic rings. The number of anilines is 1. The summed E-state index contributed by atoms with van der Waals surface area (Å²) in [5.41, 5.74) is 6.03. The van der Waals surface area contributed by atoms with Crippen LogP contribution in [-0.2, 0) is 19.5 Å². The van der Waals surface area contributed by atoms with E-state index in [1.165, 1.54) is 42.9 Å². The average Bonchev–Trinajstić information content (AvgIpc) is 2.68. The minimum Gasteiger partial charge on any atom is -0.369 e. The van der Waals surface area contributed by atoms with Crippen LogP contribution in [0.1, 0.15) is 23.6 Å². The van der Waals surface area contributed by atoms with Crippen LogP contribution in [-0.4, -0.2) is 49.1 Å². The molecule has 2 aliphatic heterocycles. The Morgan fingerprint density at radius 1 is 0.800 bits per heavy atom. The van der Waals surface area contributed by atoms with Gasteiger partial charge in [0, 0.05) is 51.5 Å². The van der Waals surface area contributed by atoms with Gasteiger partial charge in [-0.2, -0.15) is 0 Å². The Labute approximate surface area is 151 Å². The van der Waals surface area contributed by atoms with Crippen molar-refractivity contribution >= 4 is 5.69 Å². The fraction of sp³-hybridized carbons (Fsp3) is 0.455. The van der Waals surface area contributed by atoms with Crippen molar-refractivity contribution in [1.29, 1.82) is 0 Å². The fourth-order valence-corrected chi connectivity index (χ4v) is 4.23. The molecule has 0 bridgehead atoms. The van der Waals surface area contributed by atoms with Crippen molar-refractivity contribution in [3.8, 4) is 0 Å². The molecule has 0 amide bonds. The van der Waals surface area contributed by atoms with Crippen molar-refractivity contribution in [1.82, 2.24) is 9.80 Å². The van der Waals surface area contributed by atoms with Crippen LogP contribution in [0.2, 0.25) is 0 Å². The summed E-state index contributed by atoms with van der Waals surface area (Å²) >= 11 is 0. The number of hydrogen-bond acceptors (Lipinski definition) is 3. The second kappa shape index (κ2) is 7.59. The molecule has 0 spiro atoms. The molecular weight excluding hydrogens is 306 g/mol. The SMILES string of the molecule is CCN1CCN(c2cccc3c2CCN(Cc2ccccc2)C3)CC1. The Morgan fingerprint density at radius 3 is 2.36 bits per heavy atom. The van der Waals surface area contributed by atoms with E-state index in [1.54, 1.807) is 5.56 Å². The summed E-state index contributed by atoms with van der Waals surface area (Å²) in [5, 5.41) is 0. The van der Waals surface area contributed by atoms with E-state index >= 15 is 0 Å². The summed E-state index contributed by atoms with van der Waals surface area (Å²) in [7, 11) is 0. The highest BCUT2D eigenvalue weighted by Crippen LogP contribution is 2.30. The van der Waals surface area contributed by atoms with Gasteiger partial charge in [0.1, 0.15) is 0 Å². The first-order valence-corrected chi connectivity index (χ1v) is 9.68. The Balaban J connectivity index is 1.47. The zero-order valence-corrected chi connectivity index (χ0v) is 15.3. The van der Waals surface area contributed by atoms with Crippen LogP contribution < -0.4 is 4.90 Å². The molecule has 2 heterocycles. The van der Waals surface area contributed by atoms with Gasteiger partial charge < -0.3 is 9.80 Å². The molecule has 0 N–H and O–H groups in total. The molecule has 0 aromatic heterocycles. The molecule has 3 nitrogen and oxygen atoms in total. The quantitative estimate of drug-likeness (QED) is 0.848. The van der Waals surface area contributed by atoms with Crippen LogP contribution >= 0.6 is 0 Å². The Morgan fingerprint density at radius 2 is 1.60 bits per heavy atom. The van der Waals surface area contributed by atoms with Gasteiger partial charge in [0.15, 0.2) is 0 Å². The predicted molar refractivity (Wildman–Crippen MR) is 105 cm³/mol. The van der Waals surface area contributed by atoms with Crippen molar-refractivity contribution < 1.29 is 0 Å². The molecule has 1 fully saturated rings. The lowest BCUT2D eigenvalue weighted by Crippen LogP contribution is -2.46. The lowest BCUT2D eigenvalue weighted by atomic mass is 9.96. The van der Waals surface area contributed by atoms with Gasteiger partial charge in [-0.3, -0.25) is 4.90 Å². The van der Waals surface area contributed by atoms with Gasteiger partial charge in [0.25, 0.3) is 0 Å². The highest BCUT2D eigenvalue weighted by molar-refractivity contribution is 5.58. The molecule has 132 valence electrons. The second-order valence-electron chi connectivity index (χ2n) is 7.28. The summed E-state index contributed by atoms with van der Waals surface area (Å²) in [6.07, 6.45) is 1.17. The maximum atomic E-state index is 2.61. The zero-order valence-electron chi connectivity index (χ0n) is 15.3. The zero-order chi connectivity index (χ0) is 17.1. The molecule has 2 aromatic rings. The molecule has 1 saturated heterocycles. The summed E-state index contributed by atoms with van der Waals surface area (Å²) in [5.74, 6) is 0. The van der Waals surface area contributed by atoms with E-state index in [9.17, 15) is 0 Å². The van der Waals surface area contributed by atoms with Crippen LogP contribution in [0.25, 0.3) is 0 Å². The Kier molecular flexibility index (Phi) is 5.04. The molecule has 0 aliphatic carbocycles. The third kappa shape index (κ3) is 3.73. The highest BCUT2D eigenvalue weighted by Gasteiger charge is 2.23. The van der Waals surface area contributed by atoms with Gasteiger partial charge in [-0.1, -0.05) is 49.4 Å². The maximum Gasteiger partial charge on any atom is 0.0403 e. The third-order valence-electron chi connectivity index (χ3n) is 5.73. The van der Waals surface area contributed by atoms with Gasteiger partial charge in [-0.15, -0.1) is 0 Å². The molecule has 4 rings (SSSR count). The van der Waals surface area contributed by atoms with Gasteiger partial charge in [-0.25, -0.2) is 0 Å². The topological polar surface area (TPSA) is 9.72 Å². The second-order valence-corrected chi connectivity index (χ2v) is 7.28. The summed E-state index contributed by atoms with van der Waals surface area (Å²) in [6.45, 7) is 11.5. The predicted octanol–water partition coefficient (Wildman–Crippen LogP) is 3.39. The smallest absolute Gasteiger partial charge is 0.0403 e. The largest absolute Gasteiger partial charge is 0.369 e. The van der Waals surface area contributed by atoms with E-state index < -0.39 is 0 Å². The van der Waals surface area contributed by atoms with Crippen molar-refractivity contribution in [2.45, 2.75) is 26.4 Å². The standard InChI is InChI=1S/C22H29N3/c1-2-23-13-15-25(16-14-23)22-10-6-9-20-18-24(12-11-21(20)22)17-19-7-4-3-5-8-19/h3-10H,2,11-18H2,1H3. The number of rotatable bonds is 4. The number of fused-ring (bicyclic) bond motifs is 1. The minimum atomic E-state index is 1.06. The number of nitrogens with zero attached hydrogens (tertiary/aromatic N) is 3. The van der Waals surface area contributed by atoms with Crippen LogP contribution in [0.5, 0.6) is 0 Å². The van der Waals surface area contributed by atoms with Crippen molar-refractivity contribution in [2.24, 2.45) is 0 Å². The highest BCUT2D eigenvalue weighted by atomic mass is 15.3. The van der Waals surface area contributed by atoms with Gasteiger partial charge >= 0.3 is 0 Å². The van der Waals surface area contributed by atoms with E-state index in [0.29, 0.717) is 0 Å². The third-order valence-corrected chi connectivity index (χ3v) is 5.73. The molecule has 25 heavy (non-hydrogen) atoms. The van der Waals surface area contributed by atoms with Crippen molar-refractivity contribution in [3.63, 3.8) is 0 Å². The molecular formula is C22H29N3. The van der Waals surface area contributed by atoms with Crippen molar-refractivity contribution in [3.05, 3.63) is 65.2 Å². The first-order chi connectivity index (χ1) is 12.3. The molecule has 0 saturated carbocycles. The van der Waals surface area contributed by atoms with Gasteiger partial charge in [0.05, 0.1) is 0 Å². The first-order valence-electron chi connectivity index (χ1n) is 9.68. The molecule has 0 unspecified atom stereocenters. The number of benzene rings is 2. The normalized spacial score (nSPS) is 19.0. The van der Waals surface area contributed by atoms with E-state index in [0.717, 1.165) is 32.7 Å². The van der Waals surface area contributed by atoms with E-state index in [2.05, 4.69) is 70.2 Å². The van der Waals surface area contributed by atoms with Gasteiger partial charge in [-0.05, 0) is 35.7 Å². The maximum absolute atomic E-state index is 2.61. The molecule has 2 aromatic carbocycles. The van der Waals surface area contributed by atoms with Crippen LogP contribution in [0.4, 0.5) is 5.69 Å². The first kappa shape index (κ1) is 16.6. The Hall–Kier alpha value is -1.84. The lowest BCUT2D eigenvalue weighted by molar-refractivity contribution is 0.245. The number of likely N-dealkylation sites (N-methyl/N-ethyl adjacent to an activating group) is 1. The van der Waals surface area contributed by atoms with Gasteiger partial charge in [0.2, 0.25) is 0 Å². The number of piperazine rings is 1. The van der Waals surface area contributed by atoms with Crippen LogP contribution in [0, 0.1) is 0 Å². The summed E-state index contributed by atoms with van der Waals surface area (Å²) in [6, 6.07) is 17.8. The molecule has 0 radical (unpaired) electrons. The monoisotopic (exact) mass is 335 g/mol. The van der Waals surface area contributed by atoms with Crippen LogP contribution in [0.3, 0.4) is 0 Å². The lowest BCUT2D eigenvalue weighted by Gasteiger charge is -2.38. The van der Waals surface area contributed by atoms with E-state index in [4.69, 9.17) is 0 Å². The van der Waals surface area contributed by atoms with Crippen molar-refractivity contribution in [2.75, 3.05) is 44.2 Å². The Bertz CT molecular complexity index is 690. The minimum absolute atomic E-state index is 1.06. The number of hydrogen-bond donors (Lipinski definition) is 0. The molecule has 0 atom stereocenters. The van der Waals surface area contributed by atoms with E-state index in [1.807, 2.05) is 0 Å². The van der Waals surface area contributed by atoms with Crippen LogP contribution in [0.15, 0.2) is 48.5 Å². The fourth-order valence-electron chi connectivity index (χ4n) is 4.23. The summed E-state index contributed by atoms with van der Waals surface area (Å²) < 4.78 is 0. The average molecular weight is 335 g/mol. The summed E-state index contributed by atoms with van der Waals surface area (Å²) in [4.78, 5) is 7.74. The van der Waals surface area contributed by atoms with E-state index in [-0.39, 0.29) is 0 Å².